The predicted molar refractivity (Wildman–Crippen MR) is 245 cm³/mol. The Kier molecular flexibility index (Phi) is 7.43. The molecule has 1 aliphatic carbocycles. The standard InChI is InChI=1S/C51H34N4S2/c1-3-13-31(14-4-1)49-52-50(32-15-5-2-6-16-32)54-51(53-49)33-25-27-39-45(29-33)56-43-23-11-19-37(47(39)43)38-20-12-24-44-48(38)40-28-26-34(30-46(40)57-44)55-41-21-9-7-17-35(41)36-18-8-10-22-42(36)55/h1-5,7-15,17-30,51H,6,16H2,(H,52,53,54). The second kappa shape index (κ2) is 13.0. The fraction of sp³-hybridized carbons (Fsp3) is 0.0588. The van der Waals surface area contributed by atoms with Crippen molar-refractivity contribution in [2.75, 3.05) is 0 Å². The van der Waals surface area contributed by atoms with Crippen molar-refractivity contribution in [3.8, 4) is 16.8 Å². The van der Waals surface area contributed by atoms with E-state index in [0.717, 1.165) is 35.6 Å². The number of amidine groups is 2. The van der Waals surface area contributed by atoms with Crippen molar-refractivity contribution in [2.45, 2.75) is 19.0 Å². The highest BCUT2D eigenvalue weighted by Crippen LogP contribution is 2.46. The second-order valence-corrected chi connectivity index (χ2v) is 17.0. The molecule has 3 aromatic heterocycles. The highest BCUT2D eigenvalue weighted by atomic mass is 32.1. The van der Waals surface area contributed by atoms with Crippen LogP contribution >= 0.6 is 22.7 Å². The van der Waals surface area contributed by atoms with Gasteiger partial charge in [0.05, 0.1) is 11.0 Å². The van der Waals surface area contributed by atoms with Crippen LogP contribution in [0.4, 0.5) is 0 Å². The molecule has 12 rings (SSSR count). The van der Waals surface area contributed by atoms with E-state index < -0.39 is 0 Å². The monoisotopic (exact) mass is 766 g/mol. The number of allylic oxidation sites excluding steroid dienone is 3. The zero-order valence-corrected chi connectivity index (χ0v) is 32.4. The van der Waals surface area contributed by atoms with E-state index in [4.69, 9.17) is 9.98 Å². The van der Waals surface area contributed by atoms with Gasteiger partial charge in [0.15, 0.2) is 5.84 Å². The van der Waals surface area contributed by atoms with Crippen LogP contribution < -0.4 is 5.32 Å². The number of thiophene rings is 2. The summed E-state index contributed by atoms with van der Waals surface area (Å²) >= 11 is 3.74. The summed E-state index contributed by atoms with van der Waals surface area (Å²) in [5.74, 6) is 1.68. The first kappa shape index (κ1) is 32.6. The van der Waals surface area contributed by atoms with Crippen LogP contribution in [-0.4, -0.2) is 16.2 Å². The zero-order chi connectivity index (χ0) is 37.5. The van der Waals surface area contributed by atoms with Gasteiger partial charge in [-0.2, -0.15) is 0 Å². The summed E-state index contributed by atoms with van der Waals surface area (Å²) in [6.07, 6.45) is 8.26. The van der Waals surface area contributed by atoms with Crippen molar-refractivity contribution in [3.05, 3.63) is 187 Å². The Morgan fingerprint density at radius 1 is 0.579 bits per heavy atom. The lowest BCUT2D eigenvalue weighted by Gasteiger charge is -2.25. The quantitative estimate of drug-likeness (QED) is 0.186. The Hall–Kier alpha value is -6.60. The lowest BCUT2D eigenvalue weighted by Crippen LogP contribution is -2.34. The SMILES string of the molecule is C1=CCCC(C2=NC(c3ccccc3)=NC(c3ccc4c(c3)sc3cccc(-c5cccc6sc7cc(-n8c9ccccc9c9ccccc98)ccc7c56)c34)N2)=C1. The fourth-order valence-corrected chi connectivity index (χ4v) is 11.3. The molecule has 270 valence electrons. The molecule has 0 spiro atoms. The molecule has 57 heavy (non-hydrogen) atoms. The van der Waals surface area contributed by atoms with Gasteiger partial charge in [0.25, 0.3) is 0 Å². The average molecular weight is 767 g/mol. The van der Waals surface area contributed by atoms with Gasteiger partial charge in [-0.1, -0.05) is 127 Å². The van der Waals surface area contributed by atoms with Crippen molar-refractivity contribution in [2.24, 2.45) is 9.98 Å². The average Bonchev–Trinajstić information content (AvgIpc) is 3.96. The van der Waals surface area contributed by atoms with Crippen LogP contribution in [0.15, 0.2) is 185 Å². The van der Waals surface area contributed by atoms with Gasteiger partial charge in [0, 0.05) is 62.4 Å². The minimum atomic E-state index is -0.244. The number of aliphatic imine (C=N–C) groups is 2. The molecule has 0 radical (unpaired) electrons. The van der Waals surface area contributed by atoms with E-state index in [1.54, 1.807) is 0 Å². The van der Waals surface area contributed by atoms with E-state index in [2.05, 4.69) is 174 Å². The molecular formula is C51H34N4S2. The zero-order valence-electron chi connectivity index (χ0n) is 30.8. The minimum absolute atomic E-state index is 0.244. The Labute approximate surface area is 337 Å². The van der Waals surface area contributed by atoms with Crippen LogP contribution in [-0.2, 0) is 0 Å². The largest absolute Gasteiger partial charge is 0.344 e. The van der Waals surface area contributed by atoms with Crippen LogP contribution in [0.2, 0.25) is 0 Å². The Balaban J connectivity index is 0.974. The normalized spacial score (nSPS) is 15.8. The molecule has 1 N–H and O–H groups in total. The lowest BCUT2D eigenvalue weighted by molar-refractivity contribution is 0.671. The van der Waals surface area contributed by atoms with Gasteiger partial charge >= 0.3 is 0 Å². The van der Waals surface area contributed by atoms with Gasteiger partial charge < -0.3 is 9.88 Å². The molecule has 7 aromatic carbocycles. The molecule has 1 atom stereocenters. The van der Waals surface area contributed by atoms with E-state index in [0.29, 0.717) is 0 Å². The molecule has 6 heteroatoms. The van der Waals surface area contributed by atoms with Gasteiger partial charge in [0.1, 0.15) is 12.0 Å². The van der Waals surface area contributed by atoms with Crippen LogP contribution in [0.25, 0.3) is 79.0 Å². The summed E-state index contributed by atoms with van der Waals surface area (Å²) < 4.78 is 7.56. The van der Waals surface area contributed by atoms with Gasteiger partial charge in [-0.05, 0) is 77.6 Å². The highest BCUT2D eigenvalue weighted by molar-refractivity contribution is 7.26. The van der Waals surface area contributed by atoms with Crippen molar-refractivity contribution < 1.29 is 0 Å². The molecule has 10 aromatic rings. The Morgan fingerprint density at radius 3 is 1.91 bits per heavy atom. The van der Waals surface area contributed by atoms with E-state index in [1.165, 1.54) is 84.5 Å². The predicted octanol–water partition coefficient (Wildman–Crippen LogP) is 13.9. The topological polar surface area (TPSA) is 41.7 Å². The molecule has 0 saturated carbocycles. The van der Waals surface area contributed by atoms with E-state index >= 15 is 0 Å². The molecule has 1 unspecified atom stereocenters. The molecule has 0 bridgehead atoms. The number of aromatic nitrogens is 1. The molecule has 2 aliphatic rings. The maximum Gasteiger partial charge on any atom is 0.159 e. The van der Waals surface area contributed by atoms with Crippen LogP contribution in [0.5, 0.6) is 0 Å². The number of para-hydroxylation sites is 2. The first-order chi connectivity index (χ1) is 28.2. The number of hydrogen-bond acceptors (Lipinski definition) is 5. The third-order valence-corrected chi connectivity index (χ3v) is 13.8. The Bertz CT molecular complexity index is 3340. The molecule has 0 fully saturated rings. The molecule has 0 amide bonds. The molecule has 4 heterocycles. The van der Waals surface area contributed by atoms with Gasteiger partial charge in [-0.3, -0.25) is 0 Å². The summed E-state index contributed by atoms with van der Waals surface area (Å²) in [7, 11) is 0. The van der Waals surface area contributed by atoms with Crippen LogP contribution in [0, 0.1) is 0 Å². The van der Waals surface area contributed by atoms with Gasteiger partial charge in [-0.15, -0.1) is 22.7 Å². The smallest absolute Gasteiger partial charge is 0.159 e. The third kappa shape index (κ3) is 5.25. The van der Waals surface area contributed by atoms with Gasteiger partial charge in [0.2, 0.25) is 0 Å². The summed E-state index contributed by atoms with van der Waals surface area (Å²) in [5, 5.41) is 11.5. The van der Waals surface area contributed by atoms with Crippen LogP contribution in [0.3, 0.4) is 0 Å². The molecule has 1 aliphatic heterocycles. The summed E-state index contributed by atoms with van der Waals surface area (Å²) in [5.41, 5.74) is 9.58. The first-order valence-corrected chi connectivity index (χ1v) is 21.1. The minimum Gasteiger partial charge on any atom is -0.344 e. The maximum atomic E-state index is 5.18. The molecule has 4 nitrogen and oxygen atoms in total. The number of rotatable bonds is 5. The van der Waals surface area contributed by atoms with Crippen molar-refractivity contribution >= 4 is 96.5 Å². The van der Waals surface area contributed by atoms with Crippen molar-refractivity contribution in [3.63, 3.8) is 0 Å². The summed E-state index contributed by atoms with van der Waals surface area (Å²) in [6, 6.07) is 55.3. The van der Waals surface area contributed by atoms with E-state index in [9.17, 15) is 0 Å². The highest BCUT2D eigenvalue weighted by Gasteiger charge is 2.24. The number of benzene rings is 7. The fourth-order valence-electron chi connectivity index (χ4n) is 8.92. The first-order valence-electron chi connectivity index (χ1n) is 19.5. The number of fused-ring (bicyclic) bond motifs is 9. The number of nitrogens with one attached hydrogen (secondary N) is 1. The summed E-state index contributed by atoms with van der Waals surface area (Å²) in [4.78, 5) is 10.2. The lowest BCUT2D eigenvalue weighted by atomic mass is 9.95. The number of nitrogens with zero attached hydrogens (tertiary/aromatic N) is 3. The molecule has 0 saturated heterocycles. The van der Waals surface area contributed by atoms with E-state index in [1.807, 2.05) is 28.7 Å². The number of hydrogen-bond donors (Lipinski definition) is 1. The third-order valence-electron chi connectivity index (χ3n) is 11.5. The Morgan fingerprint density at radius 2 is 1.23 bits per heavy atom. The summed E-state index contributed by atoms with van der Waals surface area (Å²) in [6.45, 7) is 0. The maximum absolute atomic E-state index is 5.18. The van der Waals surface area contributed by atoms with Gasteiger partial charge in [-0.25, -0.2) is 9.98 Å². The van der Waals surface area contributed by atoms with Crippen molar-refractivity contribution in [1.29, 1.82) is 0 Å². The second-order valence-electron chi connectivity index (χ2n) is 14.9. The van der Waals surface area contributed by atoms with E-state index in [-0.39, 0.29) is 6.17 Å². The molecular weight excluding hydrogens is 733 g/mol. The van der Waals surface area contributed by atoms with Crippen LogP contribution in [0.1, 0.15) is 30.1 Å². The van der Waals surface area contributed by atoms with Crippen molar-refractivity contribution in [1.82, 2.24) is 9.88 Å².